The van der Waals surface area contributed by atoms with Crippen LogP contribution in [0.4, 0.5) is 11.4 Å². The van der Waals surface area contributed by atoms with Gasteiger partial charge in [0.2, 0.25) is 11.8 Å². The molecule has 0 bridgehead atoms. The lowest BCUT2D eigenvalue weighted by molar-refractivity contribution is -0.122. The highest BCUT2D eigenvalue weighted by molar-refractivity contribution is 7.98. The van der Waals surface area contributed by atoms with Crippen molar-refractivity contribution < 1.29 is 9.59 Å². The Labute approximate surface area is 165 Å². The van der Waals surface area contributed by atoms with Crippen molar-refractivity contribution >= 4 is 45.9 Å². The fraction of sp³-hybridized carbons (Fsp3) is 0.200. The van der Waals surface area contributed by atoms with Crippen molar-refractivity contribution in [3.63, 3.8) is 0 Å². The highest BCUT2D eigenvalue weighted by Crippen LogP contribution is 2.29. The summed E-state index contributed by atoms with van der Waals surface area (Å²) >= 11 is 1.60. The van der Waals surface area contributed by atoms with E-state index >= 15 is 0 Å². The Morgan fingerprint density at radius 1 is 1.25 bits per heavy atom. The number of amides is 2. The van der Waals surface area contributed by atoms with Gasteiger partial charge in [0.15, 0.2) is 0 Å². The standard InChI is InChI=1S/C20H18N4O3S/c1-28-15-4-2-3-14(9-15)24-10-12(7-18(24)25)19(26)23-13-5-6-17-16(8-13)20(27)22-11-21-17/h2-6,8-9,11-12H,7,10H2,1H3,(H,23,26)(H,21,22,27)/t12-/m1/s1. The highest BCUT2D eigenvalue weighted by Gasteiger charge is 2.35. The Morgan fingerprint density at radius 2 is 2.11 bits per heavy atom. The van der Waals surface area contributed by atoms with Crippen molar-refractivity contribution in [3.8, 4) is 0 Å². The van der Waals surface area contributed by atoms with Gasteiger partial charge in [-0.25, -0.2) is 4.98 Å². The second-order valence-corrected chi connectivity index (χ2v) is 7.44. The maximum absolute atomic E-state index is 12.7. The van der Waals surface area contributed by atoms with Gasteiger partial charge in [-0.15, -0.1) is 11.8 Å². The van der Waals surface area contributed by atoms with Crippen molar-refractivity contribution in [2.45, 2.75) is 11.3 Å². The first-order chi connectivity index (χ1) is 13.5. The van der Waals surface area contributed by atoms with Gasteiger partial charge in [0.05, 0.1) is 23.1 Å². The molecule has 2 amide bonds. The summed E-state index contributed by atoms with van der Waals surface area (Å²) in [6, 6.07) is 12.7. The zero-order chi connectivity index (χ0) is 19.7. The van der Waals surface area contributed by atoms with Crippen molar-refractivity contribution in [3.05, 3.63) is 59.1 Å². The molecular formula is C20H18N4O3S. The number of hydrogen-bond acceptors (Lipinski definition) is 5. The highest BCUT2D eigenvalue weighted by atomic mass is 32.2. The molecule has 0 spiro atoms. The molecule has 0 unspecified atom stereocenters. The molecular weight excluding hydrogens is 376 g/mol. The van der Waals surface area contributed by atoms with E-state index in [9.17, 15) is 14.4 Å². The number of nitrogens with zero attached hydrogens (tertiary/aromatic N) is 2. The summed E-state index contributed by atoms with van der Waals surface area (Å²) in [5.74, 6) is -0.762. The normalized spacial score (nSPS) is 16.5. The van der Waals surface area contributed by atoms with Crippen LogP contribution in [0.3, 0.4) is 0 Å². The van der Waals surface area contributed by atoms with Gasteiger partial charge >= 0.3 is 0 Å². The Balaban J connectivity index is 1.50. The topological polar surface area (TPSA) is 95.2 Å². The van der Waals surface area contributed by atoms with E-state index in [1.807, 2.05) is 30.5 Å². The lowest BCUT2D eigenvalue weighted by atomic mass is 10.1. The predicted octanol–water partition coefficient (Wildman–Crippen LogP) is 2.64. The first-order valence-electron chi connectivity index (χ1n) is 8.78. The summed E-state index contributed by atoms with van der Waals surface area (Å²) in [7, 11) is 0. The van der Waals surface area contributed by atoms with Crippen LogP contribution in [0.15, 0.2) is 58.5 Å². The number of rotatable bonds is 4. The zero-order valence-corrected chi connectivity index (χ0v) is 16.0. The molecule has 2 N–H and O–H groups in total. The van der Waals surface area contributed by atoms with Crippen LogP contribution in [0.5, 0.6) is 0 Å². The van der Waals surface area contributed by atoms with Crippen LogP contribution in [0, 0.1) is 5.92 Å². The molecule has 0 aliphatic carbocycles. The number of anilines is 2. The smallest absolute Gasteiger partial charge is 0.258 e. The van der Waals surface area contributed by atoms with E-state index in [1.54, 1.807) is 34.9 Å². The molecule has 4 rings (SSSR count). The van der Waals surface area contributed by atoms with Gasteiger partial charge in [-0.2, -0.15) is 0 Å². The summed E-state index contributed by atoms with van der Waals surface area (Å²) in [5, 5.41) is 3.22. The quantitative estimate of drug-likeness (QED) is 0.664. The summed E-state index contributed by atoms with van der Waals surface area (Å²) in [6.45, 7) is 0.332. The number of fused-ring (bicyclic) bond motifs is 1. The van der Waals surface area contributed by atoms with Gasteiger partial charge in [-0.1, -0.05) is 6.07 Å². The molecule has 28 heavy (non-hydrogen) atoms. The number of nitrogens with one attached hydrogen (secondary N) is 2. The maximum Gasteiger partial charge on any atom is 0.258 e. The van der Waals surface area contributed by atoms with Crippen molar-refractivity contribution in [2.24, 2.45) is 5.92 Å². The number of benzene rings is 2. The minimum Gasteiger partial charge on any atom is -0.326 e. The first kappa shape index (κ1) is 18.2. The lowest BCUT2D eigenvalue weighted by Crippen LogP contribution is -2.28. The van der Waals surface area contributed by atoms with Crippen LogP contribution >= 0.6 is 11.8 Å². The van der Waals surface area contributed by atoms with Crippen LogP contribution in [0.1, 0.15) is 6.42 Å². The molecule has 1 aliphatic rings. The minimum atomic E-state index is -0.451. The summed E-state index contributed by atoms with van der Waals surface area (Å²) in [4.78, 5) is 46.4. The number of aromatic amines is 1. The Kier molecular flexibility index (Phi) is 4.87. The van der Waals surface area contributed by atoms with Crippen molar-refractivity contribution in [1.29, 1.82) is 0 Å². The molecule has 7 nitrogen and oxygen atoms in total. The van der Waals surface area contributed by atoms with Crippen LogP contribution < -0.4 is 15.8 Å². The van der Waals surface area contributed by atoms with Crippen LogP contribution in [0.2, 0.25) is 0 Å². The average Bonchev–Trinajstić information content (AvgIpc) is 3.10. The van der Waals surface area contributed by atoms with Crippen LogP contribution in [-0.2, 0) is 9.59 Å². The van der Waals surface area contributed by atoms with Crippen LogP contribution in [-0.4, -0.2) is 34.6 Å². The fourth-order valence-electron chi connectivity index (χ4n) is 3.30. The Hall–Kier alpha value is -3.13. The first-order valence-corrected chi connectivity index (χ1v) is 10.0. The van der Waals surface area contributed by atoms with Gasteiger partial charge in [-0.05, 0) is 42.7 Å². The second-order valence-electron chi connectivity index (χ2n) is 6.56. The molecule has 2 aromatic carbocycles. The number of aromatic nitrogens is 2. The molecule has 1 aliphatic heterocycles. The molecule has 1 aromatic heterocycles. The molecule has 8 heteroatoms. The van der Waals surface area contributed by atoms with Gasteiger partial charge in [-0.3, -0.25) is 14.4 Å². The third kappa shape index (κ3) is 3.50. The Morgan fingerprint density at radius 3 is 2.93 bits per heavy atom. The third-order valence-electron chi connectivity index (χ3n) is 4.77. The number of hydrogen-bond donors (Lipinski definition) is 2. The number of thioether (sulfide) groups is 1. The largest absolute Gasteiger partial charge is 0.326 e. The average molecular weight is 394 g/mol. The molecule has 1 saturated heterocycles. The maximum atomic E-state index is 12.7. The van der Waals surface area contributed by atoms with Gasteiger partial charge in [0.1, 0.15) is 0 Å². The Bertz CT molecular complexity index is 1130. The summed E-state index contributed by atoms with van der Waals surface area (Å²) in [6.07, 6.45) is 3.48. The SMILES string of the molecule is CSc1cccc(N2C[C@H](C(=O)Nc3ccc4nc[nH]c(=O)c4c3)CC2=O)c1. The van der Waals surface area contributed by atoms with Crippen molar-refractivity contribution in [1.82, 2.24) is 9.97 Å². The second kappa shape index (κ2) is 7.47. The van der Waals surface area contributed by atoms with Crippen molar-refractivity contribution in [2.75, 3.05) is 23.0 Å². The van der Waals surface area contributed by atoms with E-state index in [0.717, 1.165) is 10.6 Å². The molecule has 142 valence electrons. The van der Waals surface area contributed by atoms with E-state index in [2.05, 4.69) is 15.3 Å². The van der Waals surface area contributed by atoms with E-state index in [1.165, 1.54) is 6.33 Å². The monoisotopic (exact) mass is 394 g/mol. The number of carbonyl (C=O) groups is 2. The minimum absolute atomic E-state index is 0.0717. The lowest BCUT2D eigenvalue weighted by Gasteiger charge is -2.17. The zero-order valence-electron chi connectivity index (χ0n) is 15.1. The summed E-state index contributed by atoms with van der Waals surface area (Å²) in [5.41, 5.74) is 1.59. The fourth-order valence-corrected chi connectivity index (χ4v) is 3.76. The summed E-state index contributed by atoms with van der Waals surface area (Å²) < 4.78 is 0. The number of carbonyl (C=O) groups excluding carboxylic acids is 2. The molecule has 0 saturated carbocycles. The van der Waals surface area contributed by atoms with Gasteiger partial charge in [0.25, 0.3) is 5.56 Å². The molecule has 2 heterocycles. The van der Waals surface area contributed by atoms with E-state index in [0.29, 0.717) is 23.1 Å². The van der Waals surface area contributed by atoms with Crippen LogP contribution in [0.25, 0.3) is 10.9 Å². The van der Waals surface area contributed by atoms with E-state index < -0.39 is 5.92 Å². The molecule has 1 fully saturated rings. The molecule has 0 radical (unpaired) electrons. The third-order valence-corrected chi connectivity index (χ3v) is 5.49. The molecule has 3 aromatic rings. The van der Waals surface area contributed by atoms with Gasteiger partial charge < -0.3 is 15.2 Å². The van der Waals surface area contributed by atoms with E-state index in [4.69, 9.17) is 0 Å². The molecule has 1 atom stereocenters. The van der Waals surface area contributed by atoms with Gasteiger partial charge in [0, 0.05) is 29.2 Å². The van der Waals surface area contributed by atoms with E-state index in [-0.39, 0.29) is 23.8 Å². The number of H-pyrrole nitrogens is 1. The predicted molar refractivity (Wildman–Crippen MR) is 110 cm³/mol.